The molecular formula is C26H28N6O2. The van der Waals surface area contributed by atoms with Crippen molar-refractivity contribution < 1.29 is 4.79 Å². The highest BCUT2D eigenvalue weighted by Crippen LogP contribution is 2.31. The Bertz CT molecular complexity index is 1400. The average molecular weight is 457 g/mol. The molecule has 4 rings (SSSR count). The molecule has 174 valence electrons. The van der Waals surface area contributed by atoms with Gasteiger partial charge in [0.1, 0.15) is 12.1 Å². The fourth-order valence-corrected chi connectivity index (χ4v) is 4.01. The zero-order chi connectivity index (χ0) is 24.2. The van der Waals surface area contributed by atoms with E-state index in [1.807, 2.05) is 18.2 Å². The summed E-state index contributed by atoms with van der Waals surface area (Å²) in [7, 11) is 3.35. The predicted octanol–water partition coefficient (Wildman–Crippen LogP) is 3.60. The Morgan fingerprint density at radius 3 is 2.68 bits per heavy atom. The molecule has 0 saturated carbocycles. The molecule has 3 aromatic heterocycles. The molecule has 4 aromatic rings. The van der Waals surface area contributed by atoms with E-state index in [-0.39, 0.29) is 23.3 Å². The highest BCUT2D eigenvalue weighted by Gasteiger charge is 2.19. The Morgan fingerprint density at radius 2 is 1.91 bits per heavy atom. The fraction of sp³-hybridized carbons (Fsp3) is 0.269. The van der Waals surface area contributed by atoms with E-state index in [4.69, 9.17) is 0 Å². The molecule has 2 N–H and O–H groups in total. The van der Waals surface area contributed by atoms with Crippen LogP contribution in [-0.2, 0) is 7.05 Å². The van der Waals surface area contributed by atoms with E-state index in [2.05, 4.69) is 45.5 Å². The maximum Gasteiger partial charge on any atom is 0.251 e. The van der Waals surface area contributed by atoms with E-state index in [0.717, 1.165) is 33.5 Å². The zero-order valence-corrected chi connectivity index (χ0v) is 19.7. The number of aromatic nitrogens is 4. The first-order chi connectivity index (χ1) is 16.4. The molecule has 1 unspecified atom stereocenters. The summed E-state index contributed by atoms with van der Waals surface area (Å²) >= 11 is 0. The van der Waals surface area contributed by atoms with Gasteiger partial charge in [0.25, 0.3) is 5.91 Å². The zero-order valence-electron chi connectivity index (χ0n) is 19.7. The minimum absolute atomic E-state index is 0.0654. The standard InChI is InChI=1S/C26H28N6O2/c1-16(13-29-23-12-22(30-15-31-23)18-8-9-24(33)32(4)14-18)17(2)19-6-5-7-20-21(26(34)27-3)10-11-28-25(19)20/h5-12,14-17H,13H2,1-4H3,(H,27,34)(H,29,30,31)/t16-,17?/m1/s1. The smallest absolute Gasteiger partial charge is 0.251 e. The van der Waals surface area contributed by atoms with Crippen LogP contribution in [0.4, 0.5) is 5.82 Å². The van der Waals surface area contributed by atoms with Crippen LogP contribution in [0.5, 0.6) is 0 Å². The van der Waals surface area contributed by atoms with Crippen molar-refractivity contribution in [3.63, 3.8) is 0 Å². The second kappa shape index (κ2) is 9.82. The van der Waals surface area contributed by atoms with Crippen LogP contribution < -0.4 is 16.2 Å². The number of hydrogen-bond donors (Lipinski definition) is 2. The van der Waals surface area contributed by atoms with Gasteiger partial charge in [-0.15, -0.1) is 0 Å². The van der Waals surface area contributed by atoms with E-state index in [1.165, 1.54) is 17.0 Å². The third-order valence-corrected chi connectivity index (χ3v) is 6.27. The molecule has 34 heavy (non-hydrogen) atoms. The Morgan fingerprint density at radius 1 is 1.09 bits per heavy atom. The molecule has 0 aliphatic rings. The van der Waals surface area contributed by atoms with E-state index < -0.39 is 0 Å². The summed E-state index contributed by atoms with van der Waals surface area (Å²) in [6, 6.07) is 12.9. The largest absolute Gasteiger partial charge is 0.370 e. The molecule has 0 radical (unpaired) electrons. The van der Waals surface area contributed by atoms with Gasteiger partial charge in [0.15, 0.2) is 0 Å². The highest BCUT2D eigenvalue weighted by molar-refractivity contribution is 6.06. The van der Waals surface area contributed by atoms with Crippen LogP contribution in [0.2, 0.25) is 0 Å². The van der Waals surface area contributed by atoms with Gasteiger partial charge in [-0.2, -0.15) is 0 Å². The van der Waals surface area contributed by atoms with Gasteiger partial charge in [0.05, 0.1) is 16.8 Å². The Hall–Kier alpha value is -4.07. The Kier molecular flexibility index (Phi) is 6.67. The van der Waals surface area contributed by atoms with E-state index in [9.17, 15) is 9.59 Å². The van der Waals surface area contributed by atoms with Gasteiger partial charge in [0.2, 0.25) is 5.56 Å². The van der Waals surface area contributed by atoms with Gasteiger partial charge in [-0.3, -0.25) is 14.6 Å². The molecule has 0 aliphatic heterocycles. The maximum atomic E-state index is 12.3. The van der Waals surface area contributed by atoms with Gasteiger partial charge in [-0.1, -0.05) is 32.0 Å². The van der Waals surface area contributed by atoms with Crippen LogP contribution in [-0.4, -0.2) is 39.0 Å². The number of carbonyl (C=O) groups excluding carboxylic acids is 1. The number of para-hydroxylation sites is 1. The summed E-state index contributed by atoms with van der Waals surface area (Å²) < 4.78 is 1.53. The average Bonchev–Trinajstić information content (AvgIpc) is 2.87. The van der Waals surface area contributed by atoms with Crippen LogP contribution in [0.25, 0.3) is 22.2 Å². The van der Waals surface area contributed by atoms with E-state index in [0.29, 0.717) is 12.1 Å². The number of anilines is 1. The lowest BCUT2D eigenvalue weighted by Crippen LogP contribution is -2.19. The summed E-state index contributed by atoms with van der Waals surface area (Å²) in [6.45, 7) is 5.04. The lowest BCUT2D eigenvalue weighted by molar-refractivity contribution is 0.0964. The summed E-state index contributed by atoms with van der Waals surface area (Å²) in [4.78, 5) is 37.3. The van der Waals surface area contributed by atoms with Crippen molar-refractivity contribution in [1.82, 2.24) is 24.8 Å². The number of aryl methyl sites for hydroxylation is 1. The summed E-state index contributed by atoms with van der Waals surface area (Å²) in [5.74, 6) is 1.04. The van der Waals surface area contributed by atoms with Crippen molar-refractivity contribution in [2.75, 3.05) is 18.9 Å². The lowest BCUT2D eigenvalue weighted by atomic mass is 9.87. The number of fused-ring (bicyclic) bond motifs is 1. The molecule has 1 aromatic carbocycles. The number of rotatable bonds is 7. The molecule has 0 aliphatic carbocycles. The number of amides is 1. The number of nitrogens with one attached hydrogen (secondary N) is 2. The lowest BCUT2D eigenvalue weighted by Gasteiger charge is -2.22. The van der Waals surface area contributed by atoms with Gasteiger partial charge in [-0.25, -0.2) is 9.97 Å². The summed E-state index contributed by atoms with van der Waals surface area (Å²) in [5, 5.41) is 6.96. The number of pyridine rings is 2. The minimum Gasteiger partial charge on any atom is -0.370 e. The molecule has 0 saturated heterocycles. The molecular weight excluding hydrogens is 428 g/mol. The van der Waals surface area contributed by atoms with Crippen molar-refractivity contribution in [2.24, 2.45) is 13.0 Å². The molecule has 8 nitrogen and oxygen atoms in total. The van der Waals surface area contributed by atoms with Crippen molar-refractivity contribution in [3.05, 3.63) is 82.7 Å². The SMILES string of the molecule is CNC(=O)c1ccnc2c(C(C)[C@H](C)CNc3cc(-c4ccc(=O)n(C)c4)ncn3)cccc12. The van der Waals surface area contributed by atoms with E-state index >= 15 is 0 Å². The third-order valence-electron chi connectivity index (χ3n) is 6.27. The van der Waals surface area contributed by atoms with Crippen molar-refractivity contribution in [1.29, 1.82) is 0 Å². The summed E-state index contributed by atoms with van der Waals surface area (Å²) in [6.07, 6.45) is 4.97. The van der Waals surface area contributed by atoms with Crippen LogP contribution in [0.3, 0.4) is 0 Å². The van der Waals surface area contributed by atoms with Gasteiger partial charge in [-0.05, 0) is 29.5 Å². The molecule has 1 amide bonds. The highest BCUT2D eigenvalue weighted by atomic mass is 16.1. The molecule has 2 atom stereocenters. The van der Waals surface area contributed by atoms with Gasteiger partial charge >= 0.3 is 0 Å². The first-order valence-electron chi connectivity index (χ1n) is 11.2. The number of benzene rings is 1. The van der Waals surface area contributed by atoms with Crippen LogP contribution in [0.1, 0.15) is 35.7 Å². The Balaban J connectivity index is 1.52. The molecule has 3 heterocycles. The number of carbonyl (C=O) groups is 1. The first-order valence-corrected chi connectivity index (χ1v) is 11.2. The summed E-state index contributed by atoms with van der Waals surface area (Å²) in [5.41, 5.74) is 4.10. The molecule has 8 heteroatoms. The topological polar surface area (TPSA) is 102 Å². The molecule has 0 spiro atoms. The van der Waals surface area contributed by atoms with Crippen molar-refractivity contribution >= 4 is 22.6 Å². The van der Waals surface area contributed by atoms with Crippen LogP contribution >= 0.6 is 0 Å². The predicted molar refractivity (Wildman–Crippen MR) is 134 cm³/mol. The van der Waals surface area contributed by atoms with E-state index in [1.54, 1.807) is 38.6 Å². The van der Waals surface area contributed by atoms with Crippen molar-refractivity contribution in [3.8, 4) is 11.3 Å². The quantitative estimate of drug-likeness (QED) is 0.441. The maximum absolute atomic E-state index is 12.3. The minimum atomic E-state index is -0.120. The number of hydrogen-bond acceptors (Lipinski definition) is 6. The monoisotopic (exact) mass is 456 g/mol. The first kappa shape index (κ1) is 23.1. The van der Waals surface area contributed by atoms with Crippen LogP contribution in [0, 0.1) is 5.92 Å². The Labute approximate surface area is 198 Å². The molecule has 0 fully saturated rings. The van der Waals surface area contributed by atoms with Crippen LogP contribution in [0.15, 0.2) is 66.0 Å². The number of nitrogens with zero attached hydrogens (tertiary/aromatic N) is 4. The molecule has 0 bridgehead atoms. The second-order valence-corrected chi connectivity index (χ2v) is 8.48. The fourth-order valence-electron chi connectivity index (χ4n) is 4.01. The third kappa shape index (κ3) is 4.66. The van der Waals surface area contributed by atoms with Gasteiger partial charge < -0.3 is 15.2 Å². The second-order valence-electron chi connectivity index (χ2n) is 8.48. The van der Waals surface area contributed by atoms with Gasteiger partial charge in [0, 0.05) is 56.1 Å². The van der Waals surface area contributed by atoms with Crippen molar-refractivity contribution in [2.45, 2.75) is 19.8 Å². The normalized spacial score (nSPS) is 12.8.